The van der Waals surface area contributed by atoms with Crippen LogP contribution in [0.5, 0.6) is 0 Å². The summed E-state index contributed by atoms with van der Waals surface area (Å²) >= 11 is 0. The lowest BCUT2D eigenvalue weighted by Gasteiger charge is -2.34. The number of aromatic nitrogens is 2. The quantitative estimate of drug-likeness (QED) is 0.110. The summed E-state index contributed by atoms with van der Waals surface area (Å²) in [5.41, 5.74) is 13.3. The second-order valence-corrected chi connectivity index (χ2v) is 22.2. The van der Waals surface area contributed by atoms with Gasteiger partial charge in [-0.2, -0.15) is 0 Å². The summed E-state index contributed by atoms with van der Waals surface area (Å²) in [5.74, 6) is 0. The van der Waals surface area contributed by atoms with Gasteiger partial charge in [-0.25, -0.2) is 0 Å². The summed E-state index contributed by atoms with van der Waals surface area (Å²) in [6.07, 6.45) is 0. The molecule has 0 radical (unpaired) electrons. The molecule has 0 spiro atoms. The molecule has 0 amide bonds. The minimum Gasteiger partial charge on any atom is -0.455 e. The van der Waals surface area contributed by atoms with E-state index in [1.54, 1.807) is 0 Å². The molecule has 328 valence electrons. The second-order valence-electron chi connectivity index (χ2n) is 18.4. The molecular formula is C66H44N2OSi. The number of fused-ring (bicyclic) bond motifs is 9. The van der Waals surface area contributed by atoms with Crippen molar-refractivity contribution in [1.82, 2.24) is 9.13 Å². The first kappa shape index (κ1) is 40.1. The fourth-order valence-electron chi connectivity index (χ4n) is 11.6. The molecule has 0 aliphatic rings. The van der Waals surface area contributed by atoms with Crippen LogP contribution in [-0.4, -0.2) is 17.2 Å². The fourth-order valence-corrected chi connectivity index (χ4v) is 16.4. The standard InChI is InChI=1S/C66H44N2OSi/c1-5-19-45(20-6-1)46-36-39-62-59(41-46)56-38-35-47(54-31-18-32-58-57-30-14-16-34-65(57)69-66(54)58)42-64(56)68(62)49-37-40-63-60(44-49)55-29-13-15-33-61(55)67(63)48-21-17-28-53(43-48)70(50-22-7-2-8-23-50,51-24-9-3-10-25-51)52-26-11-4-12-27-52/h1-44H. The lowest BCUT2D eigenvalue weighted by atomic mass is 10.00. The molecule has 0 aliphatic heterocycles. The third-order valence-corrected chi connectivity index (χ3v) is 19.4. The Hall–Kier alpha value is -8.96. The average molecular weight is 909 g/mol. The highest BCUT2D eigenvalue weighted by atomic mass is 28.3. The molecule has 0 saturated heterocycles. The third-order valence-electron chi connectivity index (χ3n) is 14.7. The first-order chi connectivity index (χ1) is 34.7. The van der Waals surface area contributed by atoms with Crippen LogP contribution >= 0.6 is 0 Å². The van der Waals surface area contributed by atoms with E-state index in [4.69, 9.17) is 4.42 Å². The first-order valence-corrected chi connectivity index (χ1v) is 26.1. The zero-order valence-corrected chi connectivity index (χ0v) is 39.2. The van der Waals surface area contributed by atoms with E-state index >= 15 is 0 Å². The number of para-hydroxylation sites is 3. The molecule has 4 heteroatoms. The molecule has 14 aromatic rings. The summed E-state index contributed by atoms with van der Waals surface area (Å²) in [5, 5.41) is 12.5. The van der Waals surface area contributed by atoms with Crippen molar-refractivity contribution in [2.24, 2.45) is 0 Å². The lowest BCUT2D eigenvalue weighted by Crippen LogP contribution is -2.74. The zero-order chi connectivity index (χ0) is 46.2. The van der Waals surface area contributed by atoms with Crippen molar-refractivity contribution in [2.45, 2.75) is 0 Å². The van der Waals surface area contributed by atoms with Crippen molar-refractivity contribution < 1.29 is 4.42 Å². The summed E-state index contributed by atoms with van der Waals surface area (Å²) < 4.78 is 11.5. The van der Waals surface area contributed by atoms with Crippen LogP contribution < -0.4 is 20.7 Å². The van der Waals surface area contributed by atoms with Gasteiger partial charge in [0.2, 0.25) is 0 Å². The van der Waals surface area contributed by atoms with Crippen LogP contribution in [0, 0.1) is 0 Å². The van der Waals surface area contributed by atoms with Gasteiger partial charge < -0.3 is 13.6 Å². The molecule has 0 unspecified atom stereocenters. The van der Waals surface area contributed by atoms with Gasteiger partial charge in [0.25, 0.3) is 0 Å². The maximum Gasteiger partial charge on any atom is 0.179 e. The van der Waals surface area contributed by atoms with Crippen LogP contribution in [0.15, 0.2) is 271 Å². The SMILES string of the molecule is c1ccc(-c2ccc3c(c2)c2ccc(-c4cccc5c4oc4ccccc45)cc2n3-c2ccc3c(c2)c2ccccc2n3-c2cccc([Si](c3ccccc3)(c3ccccc3)c3ccccc3)c2)cc1. The Morgan fingerprint density at radius 1 is 0.271 bits per heavy atom. The molecule has 70 heavy (non-hydrogen) atoms. The lowest BCUT2D eigenvalue weighted by molar-refractivity contribution is 0.670. The Balaban J connectivity index is 0.990. The number of furan rings is 1. The summed E-state index contributed by atoms with van der Waals surface area (Å²) in [7, 11) is -2.78. The first-order valence-electron chi connectivity index (χ1n) is 24.1. The van der Waals surface area contributed by atoms with Crippen LogP contribution in [0.4, 0.5) is 0 Å². The maximum atomic E-state index is 6.60. The molecule has 3 nitrogen and oxygen atoms in total. The van der Waals surface area contributed by atoms with Crippen molar-refractivity contribution in [3.05, 3.63) is 267 Å². The largest absolute Gasteiger partial charge is 0.455 e. The minimum absolute atomic E-state index is 0.901. The molecule has 14 rings (SSSR count). The highest BCUT2D eigenvalue weighted by molar-refractivity contribution is 7.19. The monoisotopic (exact) mass is 908 g/mol. The van der Waals surface area contributed by atoms with Gasteiger partial charge >= 0.3 is 0 Å². The number of nitrogens with zero attached hydrogens (tertiary/aromatic N) is 2. The minimum atomic E-state index is -2.78. The van der Waals surface area contributed by atoms with Gasteiger partial charge in [0.05, 0.1) is 22.1 Å². The van der Waals surface area contributed by atoms with Crippen LogP contribution in [0.25, 0.3) is 99.2 Å². The van der Waals surface area contributed by atoms with Gasteiger partial charge in [-0.15, -0.1) is 0 Å². The molecule has 11 aromatic carbocycles. The molecule has 0 saturated carbocycles. The van der Waals surface area contributed by atoms with Crippen molar-refractivity contribution in [3.8, 4) is 33.6 Å². The van der Waals surface area contributed by atoms with Crippen LogP contribution in [0.2, 0.25) is 0 Å². The molecular weight excluding hydrogens is 865 g/mol. The van der Waals surface area contributed by atoms with Crippen molar-refractivity contribution in [3.63, 3.8) is 0 Å². The Labute approximate surface area is 406 Å². The van der Waals surface area contributed by atoms with Gasteiger partial charge in [0, 0.05) is 49.3 Å². The number of rotatable bonds is 8. The molecule has 3 aromatic heterocycles. The van der Waals surface area contributed by atoms with E-state index < -0.39 is 8.07 Å². The van der Waals surface area contributed by atoms with E-state index in [1.807, 2.05) is 6.07 Å². The highest BCUT2D eigenvalue weighted by Crippen LogP contribution is 2.42. The summed E-state index contributed by atoms with van der Waals surface area (Å²) in [6.45, 7) is 0. The molecule has 0 fully saturated rings. The van der Waals surface area contributed by atoms with Gasteiger partial charge in [-0.3, -0.25) is 0 Å². The van der Waals surface area contributed by atoms with Gasteiger partial charge in [0.1, 0.15) is 11.2 Å². The molecule has 0 bridgehead atoms. The Morgan fingerprint density at radius 3 is 1.51 bits per heavy atom. The van der Waals surface area contributed by atoms with Gasteiger partial charge in [-0.1, -0.05) is 206 Å². The van der Waals surface area contributed by atoms with E-state index in [0.29, 0.717) is 0 Å². The average Bonchev–Trinajstić information content (AvgIpc) is 4.10. The van der Waals surface area contributed by atoms with Crippen LogP contribution in [-0.2, 0) is 0 Å². The van der Waals surface area contributed by atoms with Crippen molar-refractivity contribution in [2.75, 3.05) is 0 Å². The predicted molar refractivity (Wildman–Crippen MR) is 297 cm³/mol. The molecule has 0 atom stereocenters. The highest BCUT2D eigenvalue weighted by Gasteiger charge is 2.41. The summed E-state index contributed by atoms with van der Waals surface area (Å²) in [6, 6.07) is 98.3. The Kier molecular flexibility index (Phi) is 9.23. The second kappa shape index (κ2) is 16.1. The van der Waals surface area contributed by atoms with E-state index in [1.165, 1.54) is 58.9 Å². The maximum absolute atomic E-state index is 6.60. The fraction of sp³-hybridized carbons (Fsp3) is 0. The topological polar surface area (TPSA) is 23.0 Å². The third kappa shape index (κ3) is 6.13. The molecule has 0 aliphatic carbocycles. The van der Waals surface area contributed by atoms with Crippen molar-refractivity contribution in [1.29, 1.82) is 0 Å². The van der Waals surface area contributed by atoms with E-state index in [2.05, 4.69) is 270 Å². The molecule has 0 N–H and O–H groups in total. The number of hydrogen-bond donors (Lipinski definition) is 0. The smallest absolute Gasteiger partial charge is 0.179 e. The van der Waals surface area contributed by atoms with Crippen LogP contribution in [0.3, 0.4) is 0 Å². The summed E-state index contributed by atoms with van der Waals surface area (Å²) in [4.78, 5) is 0. The van der Waals surface area contributed by atoms with E-state index in [0.717, 1.165) is 61.0 Å². The van der Waals surface area contributed by atoms with E-state index in [9.17, 15) is 0 Å². The van der Waals surface area contributed by atoms with Gasteiger partial charge in [-0.05, 0) is 98.1 Å². The molecule has 3 heterocycles. The van der Waals surface area contributed by atoms with Crippen molar-refractivity contribution >= 4 is 94.4 Å². The normalized spacial score (nSPS) is 12.0. The zero-order valence-electron chi connectivity index (χ0n) is 38.2. The Morgan fingerprint density at radius 2 is 0.786 bits per heavy atom. The number of benzene rings is 11. The predicted octanol–water partition coefficient (Wildman–Crippen LogP) is 14.5. The van der Waals surface area contributed by atoms with Crippen LogP contribution in [0.1, 0.15) is 0 Å². The Bertz CT molecular complexity index is 4190. The van der Waals surface area contributed by atoms with Gasteiger partial charge in [0.15, 0.2) is 8.07 Å². The van der Waals surface area contributed by atoms with E-state index in [-0.39, 0.29) is 0 Å². The number of hydrogen-bond acceptors (Lipinski definition) is 1.